The predicted molar refractivity (Wildman–Crippen MR) is 134 cm³/mol. The summed E-state index contributed by atoms with van der Waals surface area (Å²) in [5.74, 6) is 0. The van der Waals surface area contributed by atoms with Gasteiger partial charge in [-0.1, -0.05) is 29.8 Å². The van der Waals surface area contributed by atoms with Crippen LogP contribution in [0.4, 0.5) is 0 Å². The summed E-state index contributed by atoms with van der Waals surface area (Å²) < 4.78 is 2.58. The minimum absolute atomic E-state index is 0.778. The minimum Gasteiger partial charge on any atom is -0.192 e. The van der Waals surface area contributed by atoms with Crippen LogP contribution in [0, 0.1) is 29.6 Å². The van der Waals surface area contributed by atoms with Crippen LogP contribution in [-0.4, -0.2) is 0 Å². The zero-order valence-electron chi connectivity index (χ0n) is 16.6. The summed E-state index contributed by atoms with van der Waals surface area (Å²) >= 11 is 6.98. The first kappa shape index (κ1) is 20.2. The largest absolute Gasteiger partial charge is 0.192 e. The molecule has 0 radical (unpaired) electrons. The number of hydrogen-bond donors (Lipinski definition) is 0. The maximum atomic E-state index is 9.64. The summed E-state index contributed by atoms with van der Waals surface area (Å²) in [5, 5.41) is 20.9. The number of hydrogen-bond acceptors (Lipinski definition) is 6. The fourth-order valence-corrected chi connectivity index (χ4v) is 8.16. The number of thiophene rings is 4. The zero-order valence-corrected chi connectivity index (χ0v) is 19.9. The number of aryl methyl sites for hydroxylation is 1. The number of nitrogens with zero attached hydrogens (tertiary/aromatic N) is 2. The molecule has 6 heteroatoms. The smallest absolute Gasteiger partial charge is 0.100 e. The third kappa shape index (κ3) is 4.08. The van der Waals surface area contributed by atoms with Gasteiger partial charge in [0, 0.05) is 46.6 Å². The van der Waals surface area contributed by atoms with E-state index in [4.69, 9.17) is 0 Å². The monoisotopic (exact) mass is 472 g/mol. The average Bonchev–Trinajstić information content (AvgIpc) is 3.52. The molecule has 0 aliphatic heterocycles. The molecule has 0 saturated carbocycles. The van der Waals surface area contributed by atoms with Gasteiger partial charge in [-0.25, -0.2) is 0 Å². The van der Waals surface area contributed by atoms with Crippen LogP contribution in [-0.2, 0) is 12.8 Å². The Balaban J connectivity index is 1.38. The van der Waals surface area contributed by atoms with E-state index in [1.807, 2.05) is 28.8 Å². The fraction of sp³-hybridized carbons (Fsp3) is 0.120. The van der Waals surface area contributed by atoms with E-state index in [9.17, 15) is 10.5 Å². The molecule has 1 aromatic carbocycles. The van der Waals surface area contributed by atoms with E-state index >= 15 is 0 Å². The average molecular weight is 473 g/mol. The molecule has 0 fully saturated rings. The van der Waals surface area contributed by atoms with Crippen molar-refractivity contribution < 1.29 is 0 Å². The van der Waals surface area contributed by atoms with Gasteiger partial charge in [-0.2, -0.15) is 10.5 Å². The van der Waals surface area contributed by atoms with Crippen LogP contribution in [0.25, 0.3) is 19.8 Å². The van der Waals surface area contributed by atoms with Crippen LogP contribution in [0.5, 0.6) is 0 Å². The molecule has 4 heterocycles. The van der Waals surface area contributed by atoms with E-state index in [2.05, 4.69) is 55.5 Å². The topological polar surface area (TPSA) is 47.6 Å². The Morgan fingerprint density at radius 2 is 1.39 bits per heavy atom. The lowest BCUT2D eigenvalue weighted by atomic mass is 10.1. The first-order valence-electron chi connectivity index (χ1n) is 9.70. The summed E-state index contributed by atoms with van der Waals surface area (Å²) in [6.07, 6.45) is 1.62. The number of nitriles is 2. The summed E-state index contributed by atoms with van der Waals surface area (Å²) in [4.78, 5) is 6.00. The molecule has 0 aliphatic carbocycles. The van der Waals surface area contributed by atoms with Crippen LogP contribution in [0.3, 0.4) is 0 Å². The Bertz CT molecular complexity index is 1430. The number of fused-ring (bicyclic) bond motifs is 1. The van der Waals surface area contributed by atoms with E-state index in [1.165, 1.54) is 30.3 Å². The molecular weight excluding hydrogens is 457 g/mol. The van der Waals surface area contributed by atoms with Crippen LogP contribution in [0.2, 0.25) is 0 Å². The van der Waals surface area contributed by atoms with Gasteiger partial charge in [0.15, 0.2) is 0 Å². The van der Waals surface area contributed by atoms with E-state index in [0.29, 0.717) is 0 Å². The van der Waals surface area contributed by atoms with Crippen molar-refractivity contribution in [2.45, 2.75) is 19.8 Å². The molecule has 5 aromatic rings. The lowest BCUT2D eigenvalue weighted by Crippen LogP contribution is -1.83. The number of rotatable bonds is 5. The molecule has 150 valence electrons. The molecule has 0 bridgehead atoms. The first-order valence-corrected chi connectivity index (χ1v) is 13.0. The molecule has 5 rings (SSSR count). The van der Waals surface area contributed by atoms with Gasteiger partial charge in [0.25, 0.3) is 0 Å². The molecular formula is C25H16N2S4. The third-order valence-corrected chi connectivity index (χ3v) is 9.51. The van der Waals surface area contributed by atoms with E-state index in [0.717, 1.165) is 38.6 Å². The Labute approximate surface area is 196 Å². The van der Waals surface area contributed by atoms with Gasteiger partial charge in [-0.05, 0) is 42.1 Å². The highest BCUT2D eigenvalue weighted by Crippen LogP contribution is 2.38. The van der Waals surface area contributed by atoms with Gasteiger partial charge in [-0.3, -0.25) is 0 Å². The molecule has 0 unspecified atom stereocenters. The highest BCUT2D eigenvalue weighted by atomic mass is 32.1. The standard InChI is InChI=1S/C25H16N2S4/c1-15-2-4-16(5-3-15)22-8-18(14-27)23(31-22)10-20-12-25-24(30-20)11-19(29-25)9-21-17(13-26)6-7-28-21/h2-8,11-12H,9-10H2,1H3. The molecule has 0 N–H and O–H groups in total. The van der Waals surface area contributed by atoms with Gasteiger partial charge in [0.1, 0.15) is 12.1 Å². The molecule has 2 nitrogen and oxygen atoms in total. The first-order chi connectivity index (χ1) is 15.1. The van der Waals surface area contributed by atoms with E-state index in [-0.39, 0.29) is 0 Å². The van der Waals surface area contributed by atoms with E-state index < -0.39 is 0 Å². The van der Waals surface area contributed by atoms with Crippen molar-refractivity contribution in [3.63, 3.8) is 0 Å². The van der Waals surface area contributed by atoms with Crippen LogP contribution < -0.4 is 0 Å². The highest BCUT2D eigenvalue weighted by molar-refractivity contribution is 7.28. The quantitative estimate of drug-likeness (QED) is 0.260. The maximum Gasteiger partial charge on any atom is 0.100 e. The molecule has 0 spiro atoms. The third-order valence-electron chi connectivity index (χ3n) is 5.11. The number of benzene rings is 1. The second-order valence-electron chi connectivity index (χ2n) is 7.30. The minimum atomic E-state index is 0.778. The Hall–Kier alpha value is -2.74. The molecule has 31 heavy (non-hydrogen) atoms. The van der Waals surface area contributed by atoms with Crippen LogP contribution in [0.1, 0.15) is 36.2 Å². The van der Waals surface area contributed by atoms with Crippen molar-refractivity contribution in [2.24, 2.45) is 0 Å². The maximum absolute atomic E-state index is 9.64. The van der Waals surface area contributed by atoms with Gasteiger partial charge in [0.2, 0.25) is 0 Å². The second kappa shape index (κ2) is 8.42. The molecule has 4 aromatic heterocycles. The van der Waals surface area contributed by atoms with Gasteiger partial charge >= 0.3 is 0 Å². The molecule has 0 saturated heterocycles. The lowest BCUT2D eigenvalue weighted by molar-refractivity contribution is 1.29. The summed E-state index contributed by atoms with van der Waals surface area (Å²) in [7, 11) is 0. The van der Waals surface area contributed by atoms with Crippen molar-refractivity contribution in [3.8, 4) is 22.6 Å². The molecule has 0 atom stereocenters. The lowest BCUT2D eigenvalue weighted by Gasteiger charge is -1.98. The normalized spacial score (nSPS) is 10.9. The van der Waals surface area contributed by atoms with Crippen molar-refractivity contribution in [2.75, 3.05) is 0 Å². The zero-order chi connectivity index (χ0) is 21.4. The van der Waals surface area contributed by atoms with Gasteiger partial charge < -0.3 is 0 Å². The SMILES string of the molecule is Cc1ccc(-c2cc(C#N)c(Cc3cc4sc(Cc5sccc5C#N)cc4s3)s2)cc1. The van der Waals surface area contributed by atoms with Crippen molar-refractivity contribution in [1.82, 2.24) is 0 Å². The summed E-state index contributed by atoms with van der Waals surface area (Å²) in [5.41, 5.74) is 3.97. The van der Waals surface area contributed by atoms with Crippen LogP contribution >= 0.6 is 45.3 Å². The van der Waals surface area contributed by atoms with Crippen molar-refractivity contribution in [1.29, 1.82) is 10.5 Å². The van der Waals surface area contributed by atoms with Crippen molar-refractivity contribution >= 4 is 54.7 Å². The van der Waals surface area contributed by atoms with Gasteiger partial charge in [-0.15, -0.1) is 45.3 Å². The Morgan fingerprint density at radius 1 is 0.742 bits per heavy atom. The van der Waals surface area contributed by atoms with Crippen LogP contribution in [0.15, 0.2) is 53.9 Å². The Morgan fingerprint density at radius 3 is 2.03 bits per heavy atom. The van der Waals surface area contributed by atoms with Gasteiger partial charge in [0.05, 0.1) is 11.1 Å². The highest BCUT2D eigenvalue weighted by Gasteiger charge is 2.15. The summed E-state index contributed by atoms with van der Waals surface area (Å²) in [6, 6.07) is 21.6. The Kier molecular flexibility index (Phi) is 5.48. The van der Waals surface area contributed by atoms with Crippen molar-refractivity contribution in [3.05, 3.63) is 90.1 Å². The molecule has 0 aliphatic rings. The fourth-order valence-electron chi connectivity index (χ4n) is 3.52. The van der Waals surface area contributed by atoms with E-state index in [1.54, 1.807) is 34.0 Å². The summed E-state index contributed by atoms with van der Waals surface area (Å²) in [6.45, 7) is 2.08. The second-order valence-corrected chi connectivity index (χ2v) is 11.8. The predicted octanol–water partition coefficient (Wildman–Crippen LogP) is 7.99. The molecule has 0 amide bonds.